The summed E-state index contributed by atoms with van der Waals surface area (Å²) in [5.41, 5.74) is 1.99. The van der Waals surface area contributed by atoms with E-state index < -0.39 is 22.5 Å². The van der Waals surface area contributed by atoms with Crippen LogP contribution < -0.4 is 9.62 Å². The van der Waals surface area contributed by atoms with Crippen LogP contribution in [0.15, 0.2) is 96.4 Å². The number of anilines is 1. The summed E-state index contributed by atoms with van der Waals surface area (Å²) in [7, 11) is -4.07. The number of hydrogen-bond acceptors (Lipinski definition) is 4. The summed E-state index contributed by atoms with van der Waals surface area (Å²) < 4.78 is 29.7. The van der Waals surface area contributed by atoms with Crippen molar-refractivity contribution >= 4 is 44.8 Å². The number of hydrogen-bond donors (Lipinski definition) is 1. The fourth-order valence-corrected chi connectivity index (χ4v) is 5.10. The van der Waals surface area contributed by atoms with Crippen molar-refractivity contribution in [2.24, 2.45) is 0 Å². The number of carbonyl (C=O) groups excluding carboxylic acids is 1. The summed E-state index contributed by atoms with van der Waals surface area (Å²) in [6.45, 7) is -0.226. The Kier molecular flexibility index (Phi) is 7.21. The molecule has 0 saturated heterocycles. The molecule has 0 bridgehead atoms. The second kappa shape index (κ2) is 10.3. The summed E-state index contributed by atoms with van der Waals surface area (Å²) in [6, 6.07) is 19.6. The monoisotopic (exact) mass is 514 g/mol. The van der Waals surface area contributed by atoms with Crippen LogP contribution in [-0.2, 0) is 21.4 Å². The molecule has 0 radical (unpaired) electrons. The minimum absolute atomic E-state index is 0.00938. The molecule has 34 heavy (non-hydrogen) atoms. The number of sulfonamides is 1. The minimum atomic E-state index is -4.07. The standard InChI is InChI=1S/C24H20Cl2N4O3S/c25-19-8-10-22(11-9-19)34(32,33)30(21-6-3-5-20(26)14-21)16-24(31)28-15-18-4-1-2-7-23(18)29-13-12-27-17-29/h1-14,17H,15-16H2,(H,28,31). The van der Waals surface area contributed by atoms with Gasteiger partial charge >= 0.3 is 0 Å². The molecule has 0 aliphatic carbocycles. The van der Waals surface area contributed by atoms with Crippen LogP contribution in [0.4, 0.5) is 5.69 Å². The topological polar surface area (TPSA) is 84.3 Å². The first-order valence-corrected chi connectivity index (χ1v) is 12.4. The molecule has 1 heterocycles. The predicted molar refractivity (Wildman–Crippen MR) is 133 cm³/mol. The Morgan fingerprint density at radius 1 is 0.971 bits per heavy atom. The van der Waals surface area contributed by atoms with Gasteiger partial charge in [0, 0.05) is 29.0 Å². The molecule has 0 spiro atoms. The van der Waals surface area contributed by atoms with E-state index in [0.29, 0.717) is 10.0 Å². The lowest BCUT2D eigenvalue weighted by molar-refractivity contribution is -0.119. The summed E-state index contributed by atoms with van der Waals surface area (Å²) in [5.74, 6) is -0.474. The van der Waals surface area contributed by atoms with Crippen molar-refractivity contribution in [1.29, 1.82) is 0 Å². The first-order chi connectivity index (χ1) is 16.3. The molecule has 10 heteroatoms. The van der Waals surface area contributed by atoms with Gasteiger partial charge in [0.25, 0.3) is 10.0 Å². The van der Waals surface area contributed by atoms with E-state index in [1.807, 2.05) is 28.8 Å². The maximum Gasteiger partial charge on any atom is 0.264 e. The Hall–Kier alpha value is -3.33. The number of imidazole rings is 1. The fraction of sp³-hybridized carbons (Fsp3) is 0.0833. The highest BCUT2D eigenvalue weighted by Crippen LogP contribution is 2.27. The van der Waals surface area contributed by atoms with E-state index in [-0.39, 0.29) is 17.1 Å². The average Bonchev–Trinajstić information content (AvgIpc) is 3.36. The van der Waals surface area contributed by atoms with Crippen molar-refractivity contribution in [3.8, 4) is 5.69 Å². The van der Waals surface area contributed by atoms with Crippen LogP contribution >= 0.6 is 23.2 Å². The van der Waals surface area contributed by atoms with E-state index in [1.54, 1.807) is 36.9 Å². The zero-order valence-electron chi connectivity index (χ0n) is 17.8. The molecule has 174 valence electrons. The van der Waals surface area contributed by atoms with Crippen LogP contribution in [0.5, 0.6) is 0 Å². The number of carbonyl (C=O) groups is 1. The second-order valence-corrected chi connectivity index (χ2v) is 10.1. The second-order valence-electron chi connectivity index (χ2n) is 7.32. The van der Waals surface area contributed by atoms with Crippen molar-refractivity contribution < 1.29 is 13.2 Å². The molecule has 0 unspecified atom stereocenters. The van der Waals surface area contributed by atoms with Crippen molar-refractivity contribution in [1.82, 2.24) is 14.9 Å². The van der Waals surface area contributed by atoms with Crippen molar-refractivity contribution in [2.45, 2.75) is 11.4 Å². The zero-order chi connectivity index (χ0) is 24.1. The first kappa shape index (κ1) is 23.8. The highest BCUT2D eigenvalue weighted by atomic mass is 35.5. The molecular formula is C24H20Cl2N4O3S. The summed E-state index contributed by atoms with van der Waals surface area (Å²) in [5, 5.41) is 3.57. The van der Waals surface area contributed by atoms with E-state index in [4.69, 9.17) is 23.2 Å². The number of halogens is 2. The van der Waals surface area contributed by atoms with Crippen molar-refractivity contribution in [3.05, 3.63) is 107 Å². The Bertz CT molecular complexity index is 1390. The largest absolute Gasteiger partial charge is 0.350 e. The average molecular weight is 515 g/mol. The van der Waals surface area contributed by atoms with Gasteiger partial charge in [0.1, 0.15) is 6.54 Å². The van der Waals surface area contributed by atoms with Gasteiger partial charge in [-0.2, -0.15) is 0 Å². The Balaban J connectivity index is 1.58. The van der Waals surface area contributed by atoms with Gasteiger partial charge in [-0.1, -0.05) is 47.5 Å². The number of amides is 1. The highest BCUT2D eigenvalue weighted by Gasteiger charge is 2.27. The van der Waals surface area contributed by atoms with Gasteiger partial charge in [-0.3, -0.25) is 9.10 Å². The maximum atomic E-state index is 13.4. The Labute approximate surface area is 207 Å². The molecule has 1 amide bonds. The molecule has 0 fully saturated rings. The molecule has 3 aromatic carbocycles. The lowest BCUT2D eigenvalue weighted by Crippen LogP contribution is -2.40. The summed E-state index contributed by atoms with van der Waals surface area (Å²) >= 11 is 12.0. The van der Waals surface area contributed by atoms with Crippen LogP contribution in [0.3, 0.4) is 0 Å². The molecule has 1 N–H and O–H groups in total. The quantitative estimate of drug-likeness (QED) is 0.369. The van der Waals surface area contributed by atoms with Gasteiger partial charge in [0.15, 0.2) is 0 Å². The van der Waals surface area contributed by atoms with Gasteiger partial charge < -0.3 is 9.88 Å². The van der Waals surface area contributed by atoms with Crippen LogP contribution in [0.25, 0.3) is 5.69 Å². The SMILES string of the molecule is O=C(CN(c1cccc(Cl)c1)S(=O)(=O)c1ccc(Cl)cc1)NCc1ccccc1-n1ccnc1. The number of nitrogens with one attached hydrogen (secondary N) is 1. The van der Waals surface area contributed by atoms with E-state index in [9.17, 15) is 13.2 Å². The number of aromatic nitrogens is 2. The number of rotatable bonds is 8. The molecule has 4 aromatic rings. The first-order valence-electron chi connectivity index (χ1n) is 10.2. The molecule has 0 aliphatic rings. The molecule has 7 nitrogen and oxygen atoms in total. The van der Waals surface area contributed by atoms with Gasteiger partial charge in [0.05, 0.1) is 22.6 Å². The summed E-state index contributed by atoms with van der Waals surface area (Å²) in [6.07, 6.45) is 5.14. The lowest BCUT2D eigenvalue weighted by atomic mass is 10.1. The van der Waals surface area contributed by atoms with Gasteiger partial charge in [-0.15, -0.1) is 0 Å². The third-order valence-electron chi connectivity index (χ3n) is 5.04. The van der Waals surface area contributed by atoms with Crippen LogP contribution in [-0.4, -0.2) is 30.4 Å². The number of benzene rings is 3. The molecule has 4 rings (SSSR count). The normalized spacial score (nSPS) is 11.2. The van der Waals surface area contributed by atoms with Gasteiger partial charge in [0.2, 0.25) is 5.91 Å². The smallest absolute Gasteiger partial charge is 0.264 e. The van der Waals surface area contributed by atoms with Crippen LogP contribution in [0.1, 0.15) is 5.56 Å². The predicted octanol–water partition coefficient (Wildman–Crippen LogP) is 4.69. The lowest BCUT2D eigenvalue weighted by Gasteiger charge is -2.24. The van der Waals surface area contributed by atoms with Crippen molar-refractivity contribution in [3.63, 3.8) is 0 Å². The van der Waals surface area contributed by atoms with Gasteiger partial charge in [-0.05, 0) is 54.1 Å². The minimum Gasteiger partial charge on any atom is -0.350 e. The molecule has 0 aliphatic heterocycles. The van der Waals surface area contributed by atoms with Crippen LogP contribution in [0.2, 0.25) is 10.0 Å². The Morgan fingerprint density at radius 2 is 1.74 bits per heavy atom. The molecular weight excluding hydrogens is 495 g/mol. The van der Waals surface area contributed by atoms with E-state index >= 15 is 0 Å². The number of nitrogens with zero attached hydrogens (tertiary/aromatic N) is 3. The maximum absolute atomic E-state index is 13.4. The fourth-order valence-electron chi connectivity index (χ4n) is 3.37. The summed E-state index contributed by atoms with van der Waals surface area (Å²) in [4.78, 5) is 17.0. The van der Waals surface area contributed by atoms with Crippen molar-refractivity contribution in [2.75, 3.05) is 10.8 Å². The third kappa shape index (κ3) is 5.41. The zero-order valence-corrected chi connectivity index (χ0v) is 20.1. The Morgan fingerprint density at radius 3 is 2.44 bits per heavy atom. The number of para-hydroxylation sites is 1. The van der Waals surface area contributed by atoms with Gasteiger partial charge in [-0.25, -0.2) is 13.4 Å². The van der Waals surface area contributed by atoms with E-state index in [0.717, 1.165) is 15.6 Å². The third-order valence-corrected chi connectivity index (χ3v) is 7.31. The molecule has 1 aromatic heterocycles. The molecule has 0 saturated carbocycles. The van der Waals surface area contributed by atoms with E-state index in [2.05, 4.69) is 10.3 Å². The highest BCUT2D eigenvalue weighted by molar-refractivity contribution is 7.92. The van der Waals surface area contributed by atoms with E-state index in [1.165, 1.54) is 30.3 Å². The van der Waals surface area contributed by atoms with Crippen LogP contribution in [0, 0.1) is 0 Å². The molecule has 0 atom stereocenters.